The zero-order chi connectivity index (χ0) is 18.7. The Morgan fingerprint density at radius 2 is 1.84 bits per heavy atom. The Bertz CT molecular complexity index is 578. The monoisotopic (exact) mass is 379 g/mol. The lowest BCUT2D eigenvalue weighted by Crippen LogP contribution is -2.02. The van der Waals surface area contributed by atoms with E-state index >= 15 is 0 Å². The highest BCUT2D eigenvalue weighted by atomic mass is 35.5. The van der Waals surface area contributed by atoms with Crippen molar-refractivity contribution in [3.8, 4) is 11.5 Å². The number of rotatable bonds is 11. The second-order valence-electron chi connectivity index (χ2n) is 5.30. The van der Waals surface area contributed by atoms with Crippen LogP contribution in [0.3, 0.4) is 0 Å². The van der Waals surface area contributed by atoms with Crippen LogP contribution in [0.2, 0.25) is 5.02 Å². The van der Waals surface area contributed by atoms with Crippen molar-refractivity contribution in [3.63, 3.8) is 0 Å². The zero-order valence-corrected chi connectivity index (χ0v) is 14.9. The third-order valence-corrected chi connectivity index (χ3v) is 3.11. The van der Waals surface area contributed by atoms with E-state index in [1.807, 2.05) is 13.8 Å². The van der Waals surface area contributed by atoms with Crippen LogP contribution in [-0.4, -0.2) is 25.5 Å². The van der Waals surface area contributed by atoms with Crippen molar-refractivity contribution in [1.82, 2.24) is 0 Å². The predicted molar refractivity (Wildman–Crippen MR) is 91.3 cm³/mol. The molecule has 0 heterocycles. The molecule has 140 valence electrons. The smallest absolute Gasteiger partial charge is 0.269 e. The van der Waals surface area contributed by atoms with Crippen molar-refractivity contribution in [2.45, 2.75) is 33.1 Å². The minimum absolute atomic E-state index is 0.0239. The fourth-order valence-corrected chi connectivity index (χ4v) is 2.01. The van der Waals surface area contributed by atoms with Gasteiger partial charge in [0.1, 0.15) is 19.0 Å². The summed E-state index contributed by atoms with van der Waals surface area (Å²) in [5.41, 5.74) is 0.853. The van der Waals surface area contributed by atoms with Gasteiger partial charge in [0, 0.05) is 18.2 Å². The number of benzene rings is 1. The molecule has 0 bridgehead atoms. The summed E-state index contributed by atoms with van der Waals surface area (Å²) < 4.78 is 48.1. The molecule has 1 aromatic carbocycles. The van der Waals surface area contributed by atoms with Gasteiger partial charge < -0.3 is 14.3 Å². The van der Waals surface area contributed by atoms with Gasteiger partial charge in [-0.15, -0.1) is 0 Å². The van der Waals surface area contributed by atoms with Crippen molar-refractivity contribution < 1.29 is 27.5 Å². The molecule has 0 N–H and O–H groups in total. The number of hydrogen-bond donors (Lipinski definition) is 0. The number of halogens is 4. The minimum Gasteiger partial charge on any atom is -0.489 e. The Balaban J connectivity index is 2.36. The van der Waals surface area contributed by atoms with Gasteiger partial charge in [0.05, 0.1) is 17.3 Å². The number of hydrogen-bond acceptors (Lipinski definition) is 4. The number of ether oxygens (including phenoxy) is 2. The summed E-state index contributed by atoms with van der Waals surface area (Å²) >= 11 is 5.94. The summed E-state index contributed by atoms with van der Waals surface area (Å²) in [7, 11) is 0. The summed E-state index contributed by atoms with van der Waals surface area (Å²) in [4.78, 5) is 5.06. The van der Waals surface area contributed by atoms with Crippen molar-refractivity contribution in [1.29, 1.82) is 0 Å². The summed E-state index contributed by atoms with van der Waals surface area (Å²) in [6.45, 7) is 4.13. The average Bonchev–Trinajstić information content (AvgIpc) is 2.51. The van der Waals surface area contributed by atoms with Gasteiger partial charge in [-0.3, -0.25) is 0 Å². The topological polar surface area (TPSA) is 40.0 Å². The van der Waals surface area contributed by atoms with E-state index in [2.05, 4.69) is 5.16 Å². The predicted octanol–water partition coefficient (Wildman–Crippen LogP) is 5.60. The highest BCUT2D eigenvalue weighted by Gasteiger charge is 2.12. The summed E-state index contributed by atoms with van der Waals surface area (Å²) in [5, 5.41) is 3.84. The van der Waals surface area contributed by atoms with Crippen LogP contribution >= 0.6 is 11.6 Å². The first-order chi connectivity index (χ1) is 11.9. The van der Waals surface area contributed by atoms with E-state index in [-0.39, 0.29) is 23.1 Å². The third kappa shape index (κ3) is 9.24. The average molecular weight is 380 g/mol. The van der Waals surface area contributed by atoms with Crippen LogP contribution in [-0.2, 0) is 4.84 Å². The standard InChI is InChI=1S/C17H21ClF3NO3/c1-12(2)22-25-8-5-3-4-7-24-17-14(18)10-13(11-15(17)19)23-9-6-16(20)21/h6,10-11H,3-5,7-9H2,1-2H3. The van der Waals surface area contributed by atoms with Gasteiger partial charge in [0.15, 0.2) is 11.6 Å². The molecule has 25 heavy (non-hydrogen) atoms. The van der Waals surface area contributed by atoms with Gasteiger partial charge in [-0.2, -0.15) is 8.78 Å². The van der Waals surface area contributed by atoms with Crippen molar-refractivity contribution in [2.24, 2.45) is 5.16 Å². The molecule has 0 amide bonds. The first-order valence-corrected chi connectivity index (χ1v) is 8.17. The molecule has 0 aliphatic heterocycles. The molecule has 0 unspecified atom stereocenters. The van der Waals surface area contributed by atoms with Crippen LogP contribution < -0.4 is 9.47 Å². The Morgan fingerprint density at radius 1 is 1.12 bits per heavy atom. The van der Waals surface area contributed by atoms with Gasteiger partial charge in [0.2, 0.25) is 0 Å². The number of oxime groups is 1. The normalized spacial score (nSPS) is 10.2. The maximum Gasteiger partial charge on any atom is 0.269 e. The molecule has 0 saturated carbocycles. The van der Waals surface area contributed by atoms with E-state index in [0.717, 1.165) is 24.6 Å². The molecule has 0 saturated heterocycles. The van der Waals surface area contributed by atoms with Crippen molar-refractivity contribution in [3.05, 3.63) is 35.1 Å². The van der Waals surface area contributed by atoms with Gasteiger partial charge >= 0.3 is 0 Å². The summed E-state index contributed by atoms with van der Waals surface area (Å²) in [5.74, 6) is -0.733. The fourth-order valence-electron chi connectivity index (χ4n) is 1.75. The molecule has 4 nitrogen and oxygen atoms in total. The first-order valence-electron chi connectivity index (χ1n) is 7.79. The van der Waals surface area contributed by atoms with Gasteiger partial charge in [-0.05, 0) is 33.1 Å². The van der Waals surface area contributed by atoms with Crippen molar-refractivity contribution >= 4 is 17.3 Å². The van der Waals surface area contributed by atoms with E-state index < -0.39 is 11.9 Å². The Labute approximate surface area is 150 Å². The van der Waals surface area contributed by atoms with Crippen LogP contribution in [0, 0.1) is 5.82 Å². The lowest BCUT2D eigenvalue weighted by atomic mass is 10.2. The van der Waals surface area contributed by atoms with Crippen LogP contribution in [0.15, 0.2) is 29.4 Å². The maximum atomic E-state index is 14.0. The lowest BCUT2D eigenvalue weighted by Gasteiger charge is -2.11. The number of nitrogens with zero attached hydrogens (tertiary/aromatic N) is 1. The van der Waals surface area contributed by atoms with Crippen LogP contribution in [0.25, 0.3) is 0 Å². The molecule has 0 radical (unpaired) electrons. The molecule has 1 rings (SSSR count). The van der Waals surface area contributed by atoms with E-state index in [0.29, 0.717) is 25.7 Å². The zero-order valence-electron chi connectivity index (χ0n) is 14.2. The first kappa shape index (κ1) is 21.2. The van der Waals surface area contributed by atoms with Gasteiger partial charge in [-0.25, -0.2) is 4.39 Å². The molecule has 1 aromatic rings. The Kier molecular flexibility index (Phi) is 9.84. The second kappa shape index (κ2) is 11.6. The quantitative estimate of drug-likeness (QED) is 0.285. The molecule has 0 atom stereocenters. The van der Waals surface area contributed by atoms with Crippen LogP contribution in [0.1, 0.15) is 33.1 Å². The molecule has 0 aliphatic carbocycles. The fraction of sp³-hybridized carbons (Fsp3) is 0.471. The molecular formula is C17H21ClF3NO3. The molecule has 0 aromatic heterocycles. The number of unbranched alkanes of at least 4 members (excludes halogenated alkanes) is 2. The largest absolute Gasteiger partial charge is 0.489 e. The van der Waals surface area contributed by atoms with E-state index in [1.54, 1.807) is 0 Å². The lowest BCUT2D eigenvalue weighted by molar-refractivity contribution is 0.138. The van der Waals surface area contributed by atoms with Crippen LogP contribution in [0.5, 0.6) is 11.5 Å². The van der Waals surface area contributed by atoms with Gasteiger partial charge in [-0.1, -0.05) is 16.8 Å². The van der Waals surface area contributed by atoms with Gasteiger partial charge in [0.25, 0.3) is 6.08 Å². The summed E-state index contributed by atoms with van der Waals surface area (Å²) in [6, 6.07) is 2.37. The SMILES string of the molecule is CC(C)=NOCCCCCOc1c(F)cc(OCC=C(F)F)cc1Cl. The Morgan fingerprint density at radius 3 is 2.48 bits per heavy atom. The van der Waals surface area contributed by atoms with Crippen LogP contribution in [0.4, 0.5) is 13.2 Å². The molecule has 8 heteroatoms. The Hall–Kier alpha value is -1.89. The molecule has 0 aliphatic rings. The molecule has 0 fully saturated rings. The van der Waals surface area contributed by atoms with E-state index in [1.165, 1.54) is 6.07 Å². The molecular weight excluding hydrogens is 359 g/mol. The highest BCUT2D eigenvalue weighted by Crippen LogP contribution is 2.32. The van der Waals surface area contributed by atoms with Crippen molar-refractivity contribution in [2.75, 3.05) is 19.8 Å². The minimum atomic E-state index is -1.87. The molecule has 0 spiro atoms. The summed E-state index contributed by atoms with van der Waals surface area (Å²) in [6.07, 6.45) is 1.05. The van der Waals surface area contributed by atoms with E-state index in [9.17, 15) is 13.2 Å². The second-order valence-corrected chi connectivity index (χ2v) is 5.71. The highest BCUT2D eigenvalue weighted by molar-refractivity contribution is 6.32. The third-order valence-electron chi connectivity index (χ3n) is 2.83. The van der Waals surface area contributed by atoms with E-state index in [4.69, 9.17) is 25.9 Å². The maximum absolute atomic E-state index is 14.0.